The lowest BCUT2D eigenvalue weighted by Gasteiger charge is -2.09. The highest BCUT2D eigenvalue weighted by Crippen LogP contribution is 2.27. The third kappa shape index (κ3) is 5.70. The smallest absolute Gasteiger partial charge is 0.279 e. The number of amides is 1. The zero-order valence-electron chi connectivity index (χ0n) is 18.4. The molecule has 164 valence electrons. The molecule has 0 fully saturated rings. The Labute approximate surface area is 187 Å². The Kier molecular flexibility index (Phi) is 8.18. The monoisotopic (exact) mass is 440 g/mol. The number of ether oxygens (including phenoxy) is 1. The molecule has 0 radical (unpaired) electrons. The molecule has 1 heterocycles. The molecule has 0 aliphatic heterocycles. The third-order valence-corrected chi connectivity index (χ3v) is 6.09. The molecule has 0 aliphatic rings. The van der Waals surface area contributed by atoms with Gasteiger partial charge in [0.05, 0.1) is 12.3 Å². The van der Waals surface area contributed by atoms with Crippen LogP contribution in [0.2, 0.25) is 0 Å². The summed E-state index contributed by atoms with van der Waals surface area (Å²) in [5.74, 6) is 0.215. The van der Waals surface area contributed by atoms with Crippen LogP contribution in [0, 0.1) is 5.82 Å². The fraction of sp³-hybridized carbons (Fsp3) is 0.360. The number of hydrogen-bond acceptors (Lipinski definition) is 3. The molecular formula is C25H29FN2O2S. The summed E-state index contributed by atoms with van der Waals surface area (Å²) in [6.07, 6.45) is 3.94. The number of carbonyl (C=O) groups excluding carboxylic acids is 1. The summed E-state index contributed by atoms with van der Waals surface area (Å²) in [5, 5.41) is 0. The highest BCUT2D eigenvalue weighted by molar-refractivity contribution is 7.09. The Morgan fingerprint density at radius 2 is 1.74 bits per heavy atom. The summed E-state index contributed by atoms with van der Waals surface area (Å²) >= 11 is 1.53. The molecular weight excluding hydrogens is 411 g/mol. The van der Waals surface area contributed by atoms with Crippen LogP contribution in [0.4, 0.5) is 4.39 Å². The molecule has 3 aromatic rings. The Hall–Kier alpha value is -2.73. The summed E-state index contributed by atoms with van der Waals surface area (Å²) in [6, 6.07) is 13.6. The molecule has 1 aromatic heterocycles. The summed E-state index contributed by atoms with van der Waals surface area (Å²) in [4.78, 5) is 19.1. The maximum absolute atomic E-state index is 13.4. The number of benzene rings is 2. The van der Waals surface area contributed by atoms with Gasteiger partial charge in [-0.25, -0.2) is 4.39 Å². The summed E-state index contributed by atoms with van der Waals surface area (Å²) in [5.41, 5.74) is 2.48. The van der Waals surface area contributed by atoms with Gasteiger partial charge >= 0.3 is 0 Å². The number of aromatic nitrogens is 1. The first-order chi connectivity index (χ1) is 15.1. The van der Waals surface area contributed by atoms with Gasteiger partial charge in [0.1, 0.15) is 11.6 Å². The number of thiazole rings is 1. The molecule has 0 atom stereocenters. The first kappa shape index (κ1) is 22.9. The van der Waals surface area contributed by atoms with Crippen LogP contribution in [-0.2, 0) is 13.0 Å². The van der Waals surface area contributed by atoms with Gasteiger partial charge in [0.2, 0.25) is 0 Å². The molecule has 6 heteroatoms. The zero-order valence-corrected chi connectivity index (χ0v) is 19.2. The molecule has 0 saturated heterocycles. The Morgan fingerprint density at radius 1 is 1.03 bits per heavy atom. The van der Waals surface area contributed by atoms with Crippen LogP contribution < -0.4 is 9.54 Å². The Bertz CT molecular complexity index is 1070. The van der Waals surface area contributed by atoms with E-state index in [0.717, 1.165) is 47.6 Å². The molecule has 4 nitrogen and oxygen atoms in total. The van der Waals surface area contributed by atoms with Gasteiger partial charge in [0.25, 0.3) is 5.91 Å². The molecule has 0 bridgehead atoms. The van der Waals surface area contributed by atoms with Crippen molar-refractivity contribution < 1.29 is 13.9 Å². The van der Waals surface area contributed by atoms with E-state index in [-0.39, 0.29) is 11.7 Å². The topological polar surface area (TPSA) is 43.6 Å². The average Bonchev–Trinajstić information content (AvgIpc) is 3.12. The molecule has 31 heavy (non-hydrogen) atoms. The van der Waals surface area contributed by atoms with Crippen LogP contribution in [0.25, 0.3) is 11.3 Å². The lowest BCUT2D eigenvalue weighted by Crippen LogP contribution is -2.17. The van der Waals surface area contributed by atoms with E-state index >= 15 is 0 Å². The SMILES string of the molecule is CCCCOc1ccc(C(=O)N=c2sc(CCC)c(-c3ccc(F)cc3)n2CC)cc1. The molecule has 0 unspecified atom stereocenters. The van der Waals surface area contributed by atoms with Crippen LogP contribution >= 0.6 is 11.3 Å². The Morgan fingerprint density at radius 3 is 2.35 bits per heavy atom. The van der Waals surface area contributed by atoms with Crippen molar-refractivity contribution in [1.82, 2.24) is 4.57 Å². The second-order valence-electron chi connectivity index (χ2n) is 7.30. The predicted molar refractivity (Wildman–Crippen MR) is 124 cm³/mol. The minimum absolute atomic E-state index is 0.263. The Balaban J connectivity index is 1.95. The van der Waals surface area contributed by atoms with E-state index in [1.54, 1.807) is 24.3 Å². The average molecular weight is 441 g/mol. The highest BCUT2D eigenvalue weighted by Gasteiger charge is 2.15. The van der Waals surface area contributed by atoms with E-state index < -0.39 is 0 Å². The third-order valence-electron chi connectivity index (χ3n) is 4.96. The molecule has 0 spiro atoms. The van der Waals surface area contributed by atoms with Crippen LogP contribution in [0.3, 0.4) is 0 Å². The maximum atomic E-state index is 13.4. The number of unbranched alkanes of at least 4 members (excludes halogenated alkanes) is 1. The highest BCUT2D eigenvalue weighted by atomic mass is 32.1. The number of rotatable bonds is 9. The standard InChI is InChI=1S/C25H29FN2O2S/c1-4-7-17-30-21-15-11-19(12-16-21)24(29)27-25-28(6-3)23(22(31-25)8-5-2)18-9-13-20(26)14-10-18/h9-16H,4-8,17H2,1-3H3. The zero-order chi connectivity index (χ0) is 22.2. The van der Waals surface area contributed by atoms with Crippen molar-refractivity contribution in [2.45, 2.75) is 53.0 Å². The van der Waals surface area contributed by atoms with Crippen LogP contribution in [0.15, 0.2) is 53.5 Å². The van der Waals surface area contributed by atoms with Crippen molar-refractivity contribution in [2.24, 2.45) is 4.99 Å². The molecule has 3 rings (SSSR count). The van der Waals surface area contributed by atoms with Gasteiger partial charge in [-0.1, -0.05) is 26.7 Å². The van der Waals surface area contributed by atoms with Gasteiger partial charge in [-0.3, -0.25) is 4.79 Å². The molecule has 0 aliphatic carbocycles. The van der Waals surface area contributed by atoms with E-state index in [1.165, 1.54) is 23.5 Å². The molecule has 0 saturated carbocycles. The van der Waals surface area contributed by atoms with E-state index in [0.29, 0.717) is 23.5 Å². The number of halogens is 1. The van der Waals surface area contributed by atoms with E-state index in [9.17, 15) is 9.18 Å². The molecule has 0 N–H and O–H groups in total. The summed E-state index contributed by atoms with van der Waals surface area (Å²) < 4.78 is 21.2. The van der Waals surface area contributed by atoms with Crippen LogP contribution in [0.5, 0.6) is 5.75 Å². The van der Waals surface area contributed by atoms with Crippen molar-refractivity contribution in [2.75, 3.05) is 6.61 Å². The van der Waals surface area contributed by atoms with Gasteiger partial charge in [0.15, 0.2) is 4.80 Å². The van der Waals surface area contributed by atoms with E-state index in [4.69, 9.17) is 4.74 Å². The second kappa shape index (κ2) is 11.0. The van der Waals surface area contributed by atoms with Crippen LogP contribution in [0.1, 0.15) is 55.3 Å². The number of nitrogens with zero attached hydrogens (tertiary/aromatic N) is 2. The molecule has 1 amide bonds. The van der Waals surface area contributed by atoms with Crippen molar-refractivity contribution in [3.05, 3.63) is 69.6 Å². The lowest BCUT2D eigenvalue weighted by atomic mass is 10.1. The quantitative estimate of drug-likeness (QED) is 0.369. The maximum Gasteiger partial charge on any atom is 0.279 e. The normalized spacial score (nSPS) is 11.7. The number of carbonyl (C=O) groups is 1. The predicted octanol–water partition coefficient (Wildman–Crippen LogP) is 6.25. The second-order valence-corrected chi connectivity index (χ2v) is 8.36. The van der Waals surface area contributed by atoms with E-state index in [1.807, 2.05) is 23.6 Å². The van der Waals surface area contributed by atoms with Gasteiger partial charge in [-0.05, 0) is 73.9 Å². The minimum atomic E-state index is -0.280. The van der Waals surface area contributed by atoms with Gasteiger partial charge in [-0.2, -0.15) is 4.99 Å². The van der Waals surface area contributed by atoms with Gasteiger partial charge in [0, 0.05) is 17.0 Å². The first-order valence-electron chi connectivity index (χ1n) is 10.9. The minimum Gasteiger partial charge on any atom is -0.494 e. The van der Waals surface area contributed by atoms with Crippen molar-refractivity contribution >= 4 is 17.2 Å². The fourth-order valence-electron chi connectivity index (χ4n) is 3.34. The van der Waals surface area contributed by atoms with Crippen molar-refractivity contribution in [3.8, 4) is 17.0 Å². The number of aryl methyl sites for hydroxylation is 1. The van der Waals surface area contributed by atoms with Crippen molar-refractivity contribution in [3.63, 3.8) is 0 Å². The largest absolute Gasteiger partial charge is 0.494 e. The first-order valence-corrected chi connectivity index (χ1v) is 11.7. The van der Waals surface area contributed by atoms with Gasteiger partial charge < -0.3 is 9.30 Å². The van der Waals surface area contributed by atoms with E-state index in [2.05, 4.69) is 18.8 Å². The number of hydrogen-bond donors (Lipinski definition) is 0. The molecule has 2 aromatic carbocycles. The summed E-state index contributed by atoms with van der Waals surface area (Å²) in [7, 11) is 0. The van der Waals surface area contributed by atoms with Crippen molar-refractivity contribution in [1.29, 1.82) is 0 Å². The van der Waals surface area contributed by atoms with Crippen LogP contribution in [-0.4, -0.2) is 17.1 Å². The summed E-state index contributed by atoms with van der Waals surface area (Å²) in [6.45, 7) is 7.61. The lowest BCUT2D eigenvalue weighted by molar-refractivity contribution is 0.0998. The fourth-order valence-corrected chi connectivity index (χ4v) is 4.65. The van der Waals surface area contributed by atoms with Gasteiger partial charge in [-0.15, -0.1) is 11.3 Å².